The predicted molar refractivity (Wildman–Crippen MR) is 72.9 cm³/mol. The van der Waals surface area contributed by atoms with E-state index in [1.54, 1.807) is 37.4 Å². The molecule has 4 nitrogen and oxygen atoms in total. The van der Waals surface area contributed by atoms with Crippen LogP contribution in [0, 0.1) is 11.3 Å². The molecule has 0 bridgehead atoms. The quantitative estimate of drug-likeness (QED) is 0.852. The van der Waals surface area contributed by atoms with Gasteiger partial charge in [-0.1, -0.05) is 12.1 Å². The summed E-state index contributed by atoms with van der Waals surface area (Å²) in [5.74, 6) is 1.25. The zero-order valence-electron chi connectivity index (χ0n) is 10.6. The molecular weight excluding hydrogens is 240 g/mol. The van der Waals surface area contributed by atoms with E-state index in [1.807, 2.05) is 12.1 Å². The number of nitriles is 1. The fraction of sp³-hybridized carbons (Fsp3) is 0.133. The molecule has 0 saturated carbocycles. The molecular formula is C15H14N2O2. The maximum Gasteiger partial charge on any atom is 0.163 e. The van der Waals surface area contributed by atoms with Crippen LogP contribution in [-0.4, -0.2) is 7.11 Å². The lowest BCUT2D eigenvalue weighted by Crippen LogP contribution is -1.98. The highest BCUT2D eigenvalue weighted by molar-refractivity contribution is 5.52. The molecule has 2 N–H and O–H groups in total. The van der Waals surface area contributed by atoms with Gasteiger partial charge in [0.05, 0.1) is 18.7 Å². The molecule has 0 aliphatic heterocycles. The van der Waals surface area contributed by atoms with E-state index < -0.39 is 0 Å². The Kier molecular flexibility index (Phi) is 3.89. The van der Waals surface area contributed by atoms with Crippen molar-refractivity contribution in [2.75, 3.05) is 12.8 Å². The van der Waals surface area contributed by atoms with E-state index in [0.29, 0.717) is 29.4 Å². The Morgan fingerprint density at radius 3 is 2.47 bits per heavy atom. The monoisotopic (exact) mass is 254 g/mol. The van der Waals surface area contributed by atoms with Crippen molar-refractivity contribution < 1.29 is 9.47 Å². The third kappa shape index (κ3) is 3.17. The minimum absolute atomic E-state index is 0.394. The molecule has 0 amide bonds. The highest BCUT2D eigenvalue weighted by Crippen LogP contribution is 2.29. The molecule has 0 aromatic heterocycles. The molecule has 0 atom stereocenters. The summed E-state index contributed by atoms with van der Waals surface area (Å²) in [6, 6.07) is 14.6. The molecule has 0 aliphatic rings. The first-order valence-corrected chi connectivity index (χ1v) is 5.78. The van der Waals surface area contributed by atoms with E-state index in [1.165, 1.54) is 0 Å². The van der Waals surface area contributed by atoms with Crippen molar-refractivity contribution in [1.82, 2.24) is 0 Å². The minimum Gasteiger partial charge on any atom is -0.493 e. The number of methoxy groups -OCH3 is 1. The number of ether oxygens (including phenoxy) is 2. The number of hydrogen-bond acceptors (Lipinski definition) is 4. The Morgan fingerprint density at radius 1 is 1.11 bits per heavy atom. The van der Waals surface area contributed by atoms with Crippen molar-refractivity contribution in [3.05, 3.63) is 53.6 Å². The van der Waals surface area contributed by atoms with Gasteiger partial charge in [0.2, 0.25) is 0 Å². The van der Waals surface area contributed by atoms with E-state index in [0.717, 1.165) is 5.56 Å². The van der Waals surface area contributed by atoms with Gasteiger partial charge in [-0.05, 0) is 29.8 Å². The molecule has 0 saturated heterocycles. The van der Waals surface area contributed by atoms with Gasteiger partial charge < -0.3 is 15.2 Å². The van der Waals surface area contributed by atoms with E-state index >= 15 is 0 Å². The molecule has 0 radical (unpaired) electrons. The molecule has 2 rings (SSSR count). The second-order valence-corrected chi connectivity index (χ2v) is 4.01. The average molecular weight is 254 g/mol. The van der Waals surface area contributed by atoms with Crippen LogP contribution >= 0.6 is 0 Å². The second kappa shape index (κ2) is 5.78. The zero-order chi connectivity index (χ0) is 13.7. The molecule has 0 aliphatic carbocycles. The number of hydrogen-bond donors (Lipinski definition) is 1. The Hall–Kier alpha value is -2.67. The van der Waals surface area contributed by atoms with Crippen molar-refractivity contribution in [2.45, 2.75) is 6.61 Å². The number of nitrogens with zero attached hydrogens (tertiary/aromatic N) is 1. The number of anilines is 1. The number of benzene rings is 2. The molecule has 19 heavy (non-hydrogen) atoms. The molecule has 2 aromatic rings. The van der Waals surface area contributed by atoms with Gasteiger partial charge in [-0.25, -0.2) is 0 Å². The standard InChI is InChI=1S/C15H14N2O2/c1-18-14-7-6-13(17)8-15(14)19-10-12-4-2-11(9-16)3-5-12/h2-8H,10,17H2,1H3. The van der Waals surface area contributed by atoms with Crippen molar-refractivity contribution in [3.8, 4) is 17.6 Å². The Bertz CT molecular complexity index is 601. The van der Waals surface area contributed by atoms with Crippen LogP contribution in [0.2, 0.25) is 0 Å². The Balaban J connectivity index is 2.09. The van der Waals surface area contributed by atoms with E-state index in [2.05, 4.69) is 6.07 Å². The van der Waals surface area contributed by atoms with Crippen LogP contribution in [0.5, 0.6) is 11.5 Å². The summed E-state index contributed by atoms with van der Waals surface area (Å²) in [7, 11) is 1.58. The van der Waals surface area contributed by atoms with Crippen LogP contribution in [-0.2, 0) is 6.61 Å². The van der Waals surface area contributed by atoms with Gasteiger partial charge in [-0.3, -0.25) is 0 Å². The van der Waals surface area contributed by atoms with Crippen molar-refractivity contribution in [3.63, 3.8) is 0 Å². The van der Waals surface area contributed by atoms with Crippen LogP contribution in [0.1, 0.15) is 11.1 Å². The molecule has 0 heterocycles. The van der Waals surface area contributed by atoms with Crippen LogP contribution < -0.4 is 15.2 Å². The van der Waals surface area contributed by atoms with Gasteiger partial charge in [-0.15, -0.1) is 0 Å². The number of nitrogens with two attached hydrogens (primary N) is 1. The molecule has 96 valence electrons. The predicted octanol–water partition coefficient (Wildman–Crippen LogP) is 2.73. The number of nitrogen functional groups attached to an aromatic ring is 1. The van der Waals surface area contributed by atoms with Gasteiger partial charge in [0.1, 0.15) is 6.61 Å². The third-order valence-corrected chi connectivity index (χ3v) is 2.67. The lowest BCUT2D eigenvalue weighted by atomic mass is 10.1. The summed E-state index contributed by atoms with van der Waals surface area (Å²) in [6.07, 6.45) is 0. The van der Waals surface area contributed by atoms with Gasteiger partial charge >= 0.3 is 0 Å². The molecule has 0 fully saturated rings. The average Bonchev–Trinajstić information content (AvgIpc) is 2.46. The van der Waals surface area contributed by atoms with E-state index in [-0.39, 0.29) is 0 Å². The summed E-state index contributed by atoms with van der Waals surface area (Å²) < 4.78 is 10.9. The number of rotatable bonds is 4. The summed E-state index contributed by atoms with van der Waals surface area (Å²) in [5, 5.41) is 8.72. The van der Waals surface area contributed by atoms with Crippen LogP contribution in [0.3, 0.4) is 0 Å². The van der Waals surface area contributed by atoms with Crippen molar-refractivity contribution in [1.29, 1.82) is 5.26 Å². The largest absolute Gasteiger partial charge is 0.493 e. The van der Waals surface area contributed by atoms with Crippen LogP contribution in [0.4, 0.5) is 5.69 Å². The van der Waals surface area contributed by atoms with Crippen molar-refractivity contribution in [2.24, 2.45) is 0 Å². The normalized spacial score (nSPS) is 9.68. The van der Waals surface area contributed by atoms with Gasteiger partial charge in [0.15, 0.2) is 11.5 Å². The van der Waals surface area contributed by atoms with Gasteiger partial charge in [0.25, 0.3) is 0 Å². The van der Waals surface area contributed by atoms with Gasteiger partial charge in [-0.2, -0.15) is 5.26 Å². The Labute approximate surface area is 112 Å². The highest BCUT2D eigenvalue weighted by Gasteiger charge is 2.05. The second-order valence-electron chi connectivity index (χ2n) is 4.01. The van der Waals surface area contributed by atoms with Crippen molar-refractivity contribution >= 4 is 5.69 Å². The topological polar surface area (TPSA) is 68.3 Å². The lowest BCUT2D eigenvalue weighted by Gasteiger charge is -2.11. The maximum absolute atomic E-state index is 8.72. The third-order valence-electron chi connectivity index (χ3n) is 2.67. The smallest absolute Gasteiger partial charge is 0.163 e. The Morgan fingerprint density at radius 2 is 1.84 bits per heavy atom. The molecule has 2 aromatic carbocycles. The zero-order valence-corrected chi connectivity index (χ0v) is 10.6. The summed E-state index contributed by atoms with van der Waals surface area (Å²) >= 11 is 0. The SMILES string of the molecule is COc1ccc(N)cc1OCc1ccc(C#N)cc1. The molecule has 4 heteroatoms. The fourth-order valence-electron chi connectivity index (χ4n) is 1.64. The maximum atomic E-state index is 8.72. The summed E-state index contributed by atoms with van der Waals surface area (Å²) in [6.45, 7) is 0.394. The van der Waals surface area contributed by atoms with Gasteiger partial charge in [0, 0.05) is 11.8 Å². The highest BCUT2D eigenvalue weighted by atomic mass is 16.5. The first-order chi connectivity index (χ1) is 9.22. The fourth-order valence-corrected chi connectivity index (χ4v) is 1.64. The first-order valence-electron chi connectivity index (χ1n) is 5.78. The molecule has 0 spiro atoms. The summed E-state index contributed by atoms with van der Waals surface area (Å²) in [4.78, 5) is 0. The summed E-state index contributed by atoms with van der Waals surface area (Å²) in [5.41, 5.74) is 7.94. The van der Waals surface area contributed by atoms with Crippen LogP contribution in [0.15, 0.2) is 42.5 Å². The minimum atomic E-state index is 0.394. The van der Waals surface area contributed by atoms with Crippen LogP contribution in [0.25, 0.3) is 0 Å². The lowest BCUT2D eigenvalue weighted by molar-refractivity contribution is 0.284. The van der Waals surface area contributed by atoms with E-state index in [4.69, 9.17) is 20.5 Å². The molecule has 0 unspecified atom stereocenters. The van der Waals surface area contributed by atoms with E-state index in [9.17, 15) is 0 Å². The first kappa shape index (κ1) is 12.8.